The third-order valence-electron chi connectivity index (χ3n) is 4.00. The lowest BCUT2D eigenvalue weighted by molar-refractivity contribution is -0.100. The normalized spacial score (nSPS) is 12.5. The first-order chi connectivity index (χ1) is 10.8. The van der Waals surface area contributed by atoms with Crippen LogP contribution in [0, 0.1) is 0 Å². The fourth-order valence-corrected chi connectivity index (χ4v) is 2.86. The predicted molar refractivity (Wildman–Crippen MR) is 89.9 cm³/mol. The van der Waals surface area contributed by atoms with E-state index in [1.165, 1.54) is 16.7 Å². The first-order valence-electron chi connectivity index (χ1n) is 7.68. The second kappa shape index (κ2) is 8.69. The first kappa shape index (κ1) is 16.7. The summed E-state index contributed by atoms with van der Waals surface area (Å²) >= 11 is 0. The van der Waals surface area contributed by atoms with E-state index in [1.54, 1.807) is 14.2 Å². The van der Waals surface area contributed by atoms with Crippen molar-refractivity contribution in [1.82, 2.24) is 0 Å². The van der Waals surface area contributed by atoms with E-state index in [0.29, 0.717) is 12.5 Å². The maximum Gasteiger partial charge on any atom is 0.160 e. The molecule has 22 heavy (non-hydrogen) atoms. The lowest BCUT2D eigenvalue weighted by Gasteiger charge is -2.22. The van der Waals surface area contributed by atoms with Gasteiger partial charge in [0.25, 0.3) is 0 Å². The van der Waals surface area contributed by atoms with Crippen molar-refractivity contribution in [3.8, 4) is 0 Å². The minimum atomic E-state index is -0.226. The minimum Gasteiger partial charge on any atom is -0.356 e. The summed E-state index contributed by atoms with van der Waals surface area (Å²) in [6.07, 6.45) is 1.43. The first-order valence-corrected chi connectivity index (χ1v) is 7.68. The Balaban J connectivity index is 2.35. The Morgan fingerprint density at radius 3 is 2.18 bits per heavy atom. The molecule has 0 aromatic heterocycles. The van der Waals surface area contributed by atoms with Crippen LogP contribution in [0.15, 0.2) is 54.6 Å². The van der Waals surface area contributed by atoms with Gasteiger partial charge in [-0.15, -0.1) is 0 Å². The van der Waals surface area contributed by atoms with Crippen molar-refractivity contribution < 1.29 is 9.47 Å². The van der Waals surface area contributed by atoms with Crippen molar-refractivity contribution in [3.05, 3.63) is 71.3 Å². The van der Waals surface area contributed by atoms with E-state index in [2.05, 4.69) is 48.5 Å². The van der Waals surface area contributed by atoms with Crippen LogP contribution in [0.5, 0.6) is 0 Å². The summed E-state index contributed by atoms with van der Waals surface area (Å²) in [5.41, 5.74) is 9.71. The van der Waals surface area contributed by atoms with Crippen molar-refractivity contribution in [3.63, 3.8) is 0 Å². The molecule has 0 heterocycles. The molecule has 2 rings (SSSR count). The fraction of sp³-hybridized carbons (Fsp3) is 0.368. The number of rotatable bonds is 8. The lowest BCUT2D eigenvalue weighted by Crippen LogP contribution is -2.18. The zero-order valence-electron chi connectivity index (χ0n) is 13.4. The minimum absolute atomic E-state index is 0.226. The van der Waals surface area contributed by atoms with E-state index < -0.39 is 0 Å². The van der Waals surface area contributed by atoms with Crippen molar-refractivity contribution in [1.29, 1.82) is 0 Å². The van der Waals surface area contributed by atoms with Crippen LogP contribution in [-0.4, -0.2) is 27.1 Å². The van der Waals surface area contributed by atoms with Crippen LogP contribution in [0.25, 0.3) is 0 Å². The monoisotopic (exact) mass is 299 g/mol. The highest BCUT2D eigenvalue weighted by molar-refractivity contribution is 5.38. The lowest BCUT2D eigenvalue weighted by atomic mass is 9.85. The van der Waals surface area contributed by atoms with Gasteiger partial charge in [0, 0.05) is 26.6 Å². The molecule has 0 bridgehead atoms. The summed E-state index contributed by atoms with van der Waals surface area (Å²) in [6, 6.07) is 19.0. The average molecular weight is 299 g/mol. The van der Waals surface area contributed by atoms with E-state index in [-0.39, 0.29) is 6.29 Å². The summed E-state index contributed by atoms with van der Waals surface area (Å²) in [4.78, 5) is 0. The van der Waals surface area contributed by atoms with E-state index >= 15 is 0 Å². The van der Waals surface area contributed by atoms with Gasteiger partial charge in [-0.3, -0.25) is 0 Å². The Labute approximate surface area is 133 Å². The Morgan fingerprint density at radius 2 is 1.55 bits per heavy atom. The van der Waals surface area contributed by atoms with Crippen LogP contribution in [-0.2, 0) is 15.9 Å². The highest BCUT2D eigenvalue weighted by atomic mass is 16.7. The fourth-order valence-electron chi connectivity index (χ4n) is 2.86. The largest absolute Gasteiger partial charge is 0.356 e. The zero-order chi connectivity index (χ0) is 15.8. The molecular weight excluding hydrogens is 274 g/mol. The van der Waals surface area contributed by atoms with Gasteiger partial charge < -0.3 is 15.2 Å². The maximum atomic E-state index is 5.86. The molecule has 2 aromatic carbocycles. The number of ether oxygens (including phenoxy) is 2. The highest BCUT2D eigenvalue weighted by Crippen LogP contribution is 2.30. The molecule has 0 amide bonds. The Morgan fingerprint density at radius 1 is 0.909 bits per heavy atom. The molecule has 2 N–H and O–H groups in total. The number of hydrogen-bond acceptors (Lipinski definition) is 3. The van der Waals surface area contributed by atoms with Gasteiger partial charge in [0.2, 0.25) is 0 Å². The van der Waals surface area contributed by atoms with Gasteiger partial charge in [-0.1, -0.05) is 54.6 Å². The van der Waals surface area contributed by atoms with Crippen LogP contribution >= 0.6 is 0 Å². The SMILES string of the molecule is COC(Cc1ccccc1[C@H](CCN)c1ccccc1)OC. The summed E-state index contributed by atoms with van der Waals surface area (Å²) in [6.45, 7) is 0.659. The van der Waals surface area contributed by atoms with Crippen molar-refractivity contribution >= 4 is 0 Å². The Kier molecular flexibility index (Phi) is 6.59. The Hall–Kier alpha value is -1.68. The highest BCUT2D eigenvalue weighted by Gasteiger charge is 2.18. The summed E-state index contributed by atoms with van der Waals surface area (Å²) in [7, 11) is 3.34. The number of nitrogens with two attached hydrogens (primary N) is 1. The molecule has 0 radical (unpaired) electrons. The van der Waals surface area contributed by atoms with Crippen LogP contribution in [0.2, 0.25) is 0 Å². The van der Waals surface area contributed by atoms with Gasteiger partial charge in [-0.25, -0.2) is 0 Å². The van der Waals surface area contributed by atoms with Crippen LogP contribution < -0.4 is 5.73 Å². The molecule has 3 heteroatoms. The van der Waals surface area contributed by atoms with Gasteiger partial charge in [-0.05, 0) is 29.7 Å². The molecular formula is C19H25NO2. The van der Waals surface area contributed by atoms with Crippen LogP contribution in [0.4, 0.5) is 0 Å². The average Bonchev–Trinajstić information content (AvgIpc) is 2.59. The zero-order valence-corrected chi connectivity index (χ0v) is 13.4. The second-order valence-corrected chi connectivity index (χ2v) is 5.34. The molecule has 0 fully saturated rings. The van der Waals surface area contributed by atoms with Crippen molar-refractivity contribution in [2.24, 2.45) is 5.73 Å². The molecule has 0 aliphatic carbocycles. The molecule has 0 aliphatic rings. The van der Waals surface area contributed by atoms with Crippen LogP contribution in [0.1, 0.15) is 29.0 Å². The number of benzene rings is 2. The van der Waals surface area contributed by atoms with E-state index in [0.717, 1.165) is 12.8 Å². The van der Waals surface area contributed by atoms with Gasteiger partial charge >= 0.3 is 0 Å². The number of methoxy groups -OCH3 is 2. The number of hydrogen-bond donors (Lipinski definition) is 1. The maximum absolute atomic E-state index is 5.86. The second-order valence-electron chi connectivity index (χ2n) is 5.34. The van der Waals surface area contributed by atoms with Gasteiger partial charge in [0.1, 0.15) is 0 Å². The summed E-state index contributed by atoms with van der Waals surface area (Å²) in [5, 5.41) is 0. The molecule has 0 saturated heterocycles. The quantitative estimate of drug-likeness (QED) is 0.760. The molecule has 0 unspecified atom stereocenters. The topological polar surface area (TPSA) is 44.5 Å². The third-order valence-corrected chi connectivity index (χ3v) is 4.00. The molecule has 1 atom stereocenters. The summed E-state index contributed by atoms with van der Waals surface area (Å²) in [5.74, 6) is 0.303. The van der Waals surface area contributed by atoms with E-state index in [4.69, 9.17) is 15.2 Å². The third kappa shape index (κ3) is 4.17. The molecule has 118 valence electrons. The standard InChI is InChI=1S/C19H25NO2/c1-21-19(22-2)14-16-10-6-7-11-17(16)18(12-13-20)15-8-4-3-5-9-15/h3-11,18-19H,12-14,20H2,1-2H3/t18-/m1/s1. The molecule has 2 aromatic rings. The molecule has 0 spiro atoms. The molecule has 0 saturated carbocycles. The predicted octanol–water partition coefficient (Wildman–Crippen LogP) is 3.33. The van der Waals surface area contributed by atoms with E-state index in [9.17, 15) is 0 Å². The van der Waals surface area contributed by atoms with E-state index in [1.807, 2.05) is 6.07 Å². The van der Waals surface area contributed by atoms with Gasteiger partial charge in [0.15, 0.2) is 6.29 Å². The van der Waals surface area contributed by atoms with Crippen molar-refractivity contribution in [2.45, 2.75) is 25.0 Å². The molecule has 3 nitrogen and oxygen atoms in total. The smallest absolute Gasteiger partial charge is 0.160 e. The van der Waals surface area contributed by atoms with Crippen LogP contribution in [0.3, 0.4) is 0 Å². The summed E-state index contributed by atoms with van der Waals surface area (Å²) < 4.78 is 10.7. The van der Waals surface area contributed by atoms with Gasteiger partial charge in [0.05, 0.1) is 0 Å². The molecule has 0 aliphatic heterocycles. The van der Waals surface area contributed by atoms with Crippen molar-refractivity contribution in [2.75, 3.05) is 20.8 Å². The Bertz CT molecular complexity index is 552. The van der Waals surface area contributed by atoms with Gasteiger partial charge in [-0.2, -0.15) is 0 Å².